The van der Waals surface area contributed by atoms with Crippen molar-refractivity contribution in [3.05, 3.63) is 33.9 Å². The lowest BCUT2D eigenvalue weighted by molar-refractivity contribution is 0.648. The Labute approximate surface area is 104 Å². The molecule has 1 fully saturated rings. The van der Waals surface area contributed by atoms with E-state index in [0.717, 1.165) is 6.54 Å². The van der Waals surface area contributed by atoms with E-state index in [0.29, 0.717) is 6.04 Å². The van der Waals surface area contributed by atoms with Crippen molar-refractivity contribution >= 4 is 26.8 Å². The molecule has 2 heterocycles. The van der Waals surface area contributed by atoms with Crippen LogP contribution in [0.1, 0.15) is 30.1 Å². The molecule has 0 amide bonds. The molecule has 2 aromatic rings. The second kappa shape index (κ2) is 3.90. The first kappa shape index (κ1) is 10.4. The van der Waals surface area contributed by atoms with E-state index in [2.05, 4.69) is 51.4 Å². The summed E-state index contributed by atoms with van der Waals surface area (Å²) in [5.74, 6) is 0. The third-order valence-electron chi connectivity index (χ3n) is 3.42. The molecule has 16 heavy (non-hydrogen) atoms. The summed E-state index contributed by atoms with van der Waals surface area (Å²) in [5, 5.41) is 4.93. The molecule has 0 bridgehead atoms. The first-order valence-electron chi connectivity index (χ1n) is 5.77. The number of aromatic amines is 1. The van der Waals surface area contributed by atoms with E-state index in [1.165, 1.54) is 39.5 Å². The fourth-order valence-electron chi connectivity index (χ4n) is 2.73. The van der Waals surface area contributed by atoms with Crippen LogP contribution in [0.25, 0.3) is 10.9 Å². The molecular weight excluding hydrogens is 264 g/mol. The molecule has 1 unspecified atom stereocenters. The van der Waals surface area contributed by atoms with Crippen LogP contribution >= 0.6 is 15.9 Å². The van der Waals surface area contributed by atoms with Crippen molar-refractivity contribution in [3.8, 4) is 0 Å². The molecule has 2 nitrogen and oxygen atoms in total. The zero-order chi connectivity index (χ0) is 11.1. The largest absolute Gasteiger partial charge is 0.358 e. The van der Waals surface area contributed by atoms with Gasteiger partial charge in [-0.05, 0) is 44.0 Å². The molecule has 1 aromatic heterocycles. The van der Waals surface area contributed by atoms with E-state index in [4.69, 9.17) is 0 Å². The third kappa shape index (κ3) is 1.50. The van der Waals surface area contributed by atoms with Crippen molar-refractivity contribution in [1.82, 2.24) is 10.3 Å². The molecule has 0 saturated carbocycles. The van der Waals surface area contributed by atoms with Gasteiger partial charge in [0, 0.05) is 27.1 Å². The SMILES string of the molecule is Cc1[nH]c2cccc(Br)c2c1C1CCCN1. The van der Waals surface area contributed by atoms with Gasteiger partial charge in [-0.3, -0.25) is 0 Å². The van der Waals surface area contributed by atoms with Gasteiger partial charge >= 0.3 is 0 Å². The van der Waals surface area contributed by atoms with Crippen LogP contribution < -0.4 is 5.32 Å². The number of rotatable bonds is 1. The maximum Gasteiger partial charge on any atom is 0.0470 e. The van der Waals surface area contributed by atoms with Gasteiger partial charge in [-0.25, -0.2) is 0 Å². The first-order valence-corrected chi connectivity index (χ1v) is 6.57. The Morgan fingerprint density at radius 2 is 2.25 bits per heavy atom. The molecule has 2 N–H and O–H groups in total. The Balaban J connectivity index is 2.25. The highest BCUT2D eigenvalue weighted by atomic mass is 79.9. The number of aryl methyl sites for hydroxylation is 1. The Kier molecular flexibility index (Phi) is 2.52. The van der Waals surface area contributed by atoms with E-state index >= 15 is 0 Å². The Morgan fingerprint density at radius 1 is 1.38 bits per heavy atom. The van der Waals surface area contributed by atoms with Gasteiger partial charge in [0.05, 0.1) is 0 Å². The number of benzene rings is 1. The van der Waals surface area contributed by atoms with Crippen molar-refractivity contribution < 1.29 is 0 Å². The van der Waals surface area contributed by atoms with Crippen LogP contribution in [0.2, 0.25) is 0 Å². The van der Waals surface area contributed by atoms with Gasteiger partial charge in [0.1, 0.15) is 0 Å². The van der Waals surface area contributed by atoms with Crippen LogP contribution in [-0.2, 0) is 0 Å². The highest BCUT2D eigenvalue weighted by molar-refractivity contribution is 9.10. The highest BCUT2D eigenvalue weighted by Gasteiger charge is 2.22. The molecule has 1 aliphatic heterocycles. The number of halogens is 1. The predicted molar refractivity (Wildman–Crippen MR) is 70.7 cm³/mol. The molecule has 3 rings (SSSR count). The Morgan fingerprint density at radius 3 is 3.00 bits per heavy atom. The predicted octanol–water partition coefficient (Wildman–Crippen LogP) is 3.66. The minimum absolute atomic E-state index is 0.521. The second-order valence-corrected chi connectivity index (χ2v) is 5.33. The zero-order valence-corrected chi connectivity index (χ0v) is 10.9. The average molecular weight is 279 g/mol. The van der Waals surface area contributed by atoms with Gasteiger partial charge in [0.15, 0.2) is 0 Å². The number of nitrogens with one attached hydrogen (secondary N) is 2. The molecule has 0 spiro atoms. The standard InChI is InChI=1S/C13H15BrN2/c1-8-12(10-6-3-7-15-10)13-9(14)4-2-5-11(13)16-8/h2,4-5,10,15-16H,3,6-7H2,1H3. The minimum atomic E-state index is 0.521. The summed E-state index contributed by atoms with van der Waals surface area (Å²) in [6.45, 7) is 3.31. The summed E-state index contributed by atoms with van der Waals surface area (Å²) < 4.78 is 1.19. The fraction of sp³-hybridized carbons (Fsp3) is 0.385. The summed E-state index contributed by atoms with van der Waals surface area (Å²) in [4.78, 5) is 3.47. The van der Waals surface area contributed by atoms with Gasteiger partial charge in [-0.15, -0.1) is 0 Å². The summed E-state index contributed by atoms with van der Waals surface area (Å²) >= 11 is 3.66. The van der Waals surface area contributed by atoms with Crippen LogP contribution in [0.3, 0.4) is 0 Å². The Hall–Kier alpha value is -0.800. The van der Waals surface area contributed by atoms with Gasteiger partial charge < -0.3 is 10.3 Å². The number of fused-ring (bicyclic) bond motifs is 1. The molecule has 1 aliphatic rings. The van der Waals surface area contributed by atoms with Crippen LogP contribution in [0.15, 0.2) is 22.7 Å². The molecule has 1 atom stereocenters. The molecule has 0 radical (unpaired) electrons. The lowest BCUT2D eigenvalue weighted by atomic mass is 10.0. The van der Waals surface area contributed by atoms with Crippen molar-refractivity contribution in [2.75, 3.05) is 6.54 Å². The van der Waals surface area contributed by atoms with E-state index in [1.54, 1.807) is 0 Å². The number of aromatic nitrogens is 1. The summed E-state index contributed by atoms with van der Waals surface area (Å²) in [6, 6.07) is 6.86. The van der Waals surface area contributed by atoms with Crippen LogP contribution in [0, 0.1) is 6.92 Å². The highest BCUT2D eigenvalue weighted by Crippen LogP contribution is 2.36. The normalized spacial score (nSPS) is 20.8. The topological polar surface area (TPSA) is 27.8 Å². The maximum atomic E-state index is 3.66. The van der Waals surface area contributed by atoms with Crippen molar-refractivity contribution in [1.29, 1.82) is 0 Å². The molecule has 0 aliphatic carbocycles. The number of hydrogen-bond donors (Lipinski definition) is 2. The first-order chi connectivity index (χ1) is 7.77. The minimum Gasteiger partial charge on any atom is -0.358 e. The molecular formula is C13H15BrN2. The van der Waals surface area contributed by atoms with E-state index in [9.17, 15) is 0 Å². The van der Waals surface area contributed by atoms with Crippen molar-refractivity contribution in [2.45, 2.75) is 25.8 Å². The average Bonchev–Trinajstić information content (AvgIpc) is 2.84. The van der Waals surface area contributed by atoms with Crippen molar-refractivity contribution in [2.24, 2.45) is 0 Å². The molecule has 1 aromatic carbocycles. The van der Waals surface area contributed by atoms with Gasteiger partial charge in [0.25, 0.3) is 0 Å². The van der Waals surface area contributed by atoms with Gasteiger partial charge in [0.2, 0.25) is 0 Å². The monoisotopic (exact) mass is 278 g/mol. The van der Waals surface area contributed by atoms with Gasteiger partial charge in [-0.2, -0.15) is 0 Å². The molecule has 3 heteroatoms. The summed E-state index contributed by atoms with van der Waals surface area (Å²) in [7, 11) is 0. The quantitative estimate of drug-likeness (QED) is 0.819. The zero-order valence-electron chi connectivity index (χ0n) is 9.31. The summed E-state index contributed by atoms with van der Waals surface area (Å²) in [6.07, 6.45) is 2.52. The van der Waals surface area contributed by atoms with Gasteiger partial charge in [-0.1, -0.05) is 22.0 Å². The van der Waals surface area contributed by atoms with E-state index in [1.807, 2.05) is 0 Å². The lowest BCUT2D eigenvalue weighted by Crippen LogP contribution is -2.13. The second-order valence-electron chi connectivity index (χ2n) is 4.48. The van der Waals surface area contributed by atoms with Crippen LogP contribution in [0.4, 0.5) is 0 Å². The fourth-order valence-corrected chi connectivity index (χ4v) is 3.31. The van der Waals surface area contributed by atoms with Crippen LogP contribution in [-0.4, -0.2) is 11.5 Å². The smallest absolute Gasteiger partial charge is 0.0470 e. The number of hydrogen-bond acceptors (Lipinski definition) is 1. The molecule has 1 saturated heterocycles. The maximum absolute atomic E-state index is 3.66. The van der Waals surface area contributed by atoms with E-state index < -0.39 is 0 Å². The number of H-pyrrole nitrogens is 1. The summed E-state index contributed by atoms with van der Waals surface area (Å²) in [5.41, 5.74) is 3.97. The van der Waals surface area contributed by atoms with Crippen LogP contribution in [0.5, 0.6) is 0 Å². The van der Waals surface area contributed by atoms with E-state index in [-0.39, 0.29) is 0 Å². The van der Waals surface area contributed by atoms with Crippen molar-refractivity contribution in [3.63, 3.8) is 0 Å². The Bertz CT molecular complexity index is 524. The third-order valence-corrected chi connectivity index (χ3v) is 4.08. The molecule has 84 valence electrons. The lowest BCUT2D eigenvalue weighted by Gasteiger charge is -2.11.